The van der Waals surface area contributed by atoms with Gasteiger partial charge in [0, 0.05) is 16.5 Å². The van der Waals surface area contributed by atoms with Crippen molar-refractivity contribution in [1.82, 2.24) is 15.0 Å². The molecule has 0 aliphatic rings. The molecule has 0 saturated heterocycles. The number of hydrogen-bond acceptors (Lipinski definition) is 3. The van der Waals surface area contributed by atoms with Crippen molar-refractivity contribution in [3.63, 3.8) is 0 Å². The van der Waals surface area contributed by atoms with Crippen LogP contribution in [-0.2, 0) is 0 Å². The standard InChI is InChI=1S/C53H33N3/c1-2-14-34(15-3-1)51-33-52(56-53(55-51)50-27-26-35-16-6-13-25-49(35)54-50)40-29-38(47-31-36-17-4-7-19-41(36)43-21-9-11-23-45(43)47)28-39(30-40)48-32-37-18-5-8-20-42(37)44-22-10-12-24-46(44)48/h1-33H. The maximum Gasteiger partial charge on any atom is 0.179 e. The Hall–Kier alpha value is -7.49. The van der Waals surface area contributed by atoms with E-state index < -0.39 is 0 Å². The van der Waals surface area contributed by atoms with Gasteiger partial charge < -0.3 is 0 Å². The molecule has 0 radical (unpaired) electrons. The number of pyridine rings is 1. The van der Waals surface area contributed by atoms with Gasteiger partial charge >= 0.3 is 0 Å². The third-order valence-corrected chi connectivity index (χ3v) is 11.0. The van der Waals surface area contributed by atoms with Crippen LogP contribution in [0.2, 0.25) is 0 Å². The van der Waals surface area contributed by atoms with Crippen molar-refractivity contribution < 1.29 is 0 Å². The van der Waals surface area contributed by atoms with Crippen molar-refractivity contribution in [2.45, 2.75) is 0 Å². The highest BCUT2D eigenvalue weighted by Gasteiger charge is 2.18. The molecule has 0 bridgehead atoms. The summed E-state index contributed by atoms with van der Waals surface area (Å²) >= 11 is 0. The van der Waals surface area contributed by atoms with Crippen LogP contribution in [0, 0.1) is 0 Å². The summed E-state index contributed by atoms with van der Waals surface area (Å²) in [6.45, 7) is 0. The Kier molecular flexibility index (Phi) is 7.49. The molecule has 0 aliphatic carbocycles. The van der Waals surface area contributed by atoms with Crippen LogP contribution in [0.15, 0.2) is 200 Å². The molecule has 0 N–H and O–H groups in total. The zero-order chi connectivity index (χ0) is 37.0. The third kappa shape index (κ3) is 5.49. The van der Waals surface area contributed by atoms with Gasteiger partial charge in [0.05, 0.1) is 16.9 Å². The summed E-state index contributed by atoms with van der Waals surface area (Å²) in [5.41, 5.74) is 9.98. The molecule has 0 fully saturated rings. The molecule has 0 spiro atoms. The fourth-order valence-electron chi connectivity index (χ4n) is 8.33. The van der Waals surface area contributed by atoms with E-state index in [-0.39, 0.29) is 0 Å². The van der Waals surface area contributed by atoms with Gasteiger partial charge in [-0.2, -0.15) is 0 Å². The molecule has 2 aromatic heterocycles. The number of benzene rings is 9. The first kappa shape index (κ1) is 32.0. The summed E-state index contributed by atoms with van der Waals surface area (Å²) in [5.74, 6) is 0.589. The summed E-state index contributed by atoms with van der Waals surface area (Å²) in [6, 6.07) is 71.3. The smallest absolute Gasteiger partial charge is 0.179 e. The molecular weight excluding hydrogens is 679 g/mol. The van der Waals surface area contributed by atoms with Crippen LogP contribution < -0.4 is 0 Å². The fraction of sp³-hybridized carbons (Fsp3) is 0. The Morgan fingerprint density at radius 1 is 0.250 bits per heavy atom. The Morgan fingerprint density at radius 3 is 1.32 bits per heavy atom. The largest absolute Gasteiger partial charge is 0.244 e. The highest BCUT2D eigenvalue weighted by molar-refractivity contribution is 6.16. The van der Waals surface area contributed by atoms with Crippen molar-refractivity contribution in [2.24, 2.45) is 0 Å². The molecule has 0 atom stereocenters. The van der Waals surface area contributed by atoms with Crippen LogP contribution >= 0.6 is 0 Å². The van der Waals surface area contributed by atoms with E-state index in [1.54, 1.807) is 0 Å². The van der Waals surface area contributed by atoms with Crippen molar-refractivity contribution in [3.8, 4) is 56.3 Å². The van der Waals surface area contributed by atoms with E-state index in [0.29, 0.717) is 5.82 Å². The third-order valence-electron chi connectivity index (χ3n) is 11.0. The summed E-state index contributed by atoms with van der Waals surface area (Å²) in [4.78, 5) is 15.5. The summed E-state index contributed by atoms with van der Waals surface area (Å²) in [6.07, 6.45) is 0. The normalized spacial score (nSPS) is 11.6. The van der Waals surface area contributed by atoms with Crippen molar-refractivity contribution in [1.29, 1.82) is 0 Å². The Balaban J connectivity index is 1.22. The summed E-state index contributed by atoms with van der Waals surface area (Å²) < 4.78 is 0. The molecule has 260 valence electrons. The molecule has 11 rings (SSSR count). The first-order chi connectivity index (χ1) is 27.7. The van der Waals surface area contributed by atoms with Crippen LogP contribution in [0.4, 0.5) is 0 Å². The van der Waals surface area contributed by atoms with E-state index in [0.717, 1.165) is 50.2 Å². The van der Waals surface area contributed by atoms with Gasteiger partial charge in [-0.15, -0.1) is 0 Å². The van der Waals surface area contributed by atoms with Crippen LogP contribution in [0.1, 0.15) is 0 Å². The monoisotopic (exact) mass is 711 g/mol. The lowest BCUT2D eigenvalue weighted by Crippen LogP contribution is -1.98. The maximum atomic E-state index is 5.33. The zero-order valence-corrected chi connectivity index (χ0v) is 30.4. The van der Waals surface area contributed by atoms with Gasteiger partial charge in [0.25, 0.3) is 0 Å². The van der Waals surface area contributed by atoms with Crippen LogP contribution in [0.5, 0.6) is 0 Å². The minimum atomic E-state index is 0.589. The number of aromatic nitrogens is 3. The second-order valence-electron chi connectivity index (χ2n) is 14.4. The number of para-hydroxylation sites is 1. The molecule has 0 unspecified atom stereocenters. The Bertz CT molecular complexity index is 3180. The maximum absolute atomic E-state index is 5.33. The number of rotatable bonds is 5. The lowest BCUT2D eigenvalue weighted by Gasteiger charge is -2.17. The van der Waals surface area contributed by atoms with E-state index in [4.69, 9.17) is 15.0 Å². The minimum Gasteiger partial charge on any atom is -0.244 e. The molecule has 0 saturated carbocycles. The molecule has 0 amide bonds. The van der Waals surface area contributed by atoms with E-state index >= 15 is 0 Å². The summed E-state index contributed by atoms with van der Waals surface area (Å²) in [5, 5.41) is 10.9. The van der Waals surface area contributed by atoms with E-state index in [9.17, 15) is 0 Å². The average molecular weight is 712 g/mol. The SMILES string of the molecule is c1ccc(-c2cc(-c3cc(-c4cc5ccccc5c5ccccc45)cc(-c4cc5ccccc5c5ccccc45)c3)nc(-c3ccc4ccccc4n3)n2)cc1. The average Bonchev–Trinajstić information content (AvgIpc) is 3.28. The number of fused-ring (bicyclic) bond motifs is 7. The Labute approximate surface area is 324 Å². The van der Waals surface area contributed by atoms with Crippen molar-refractivity contribution >= 4 is 54.0 Å². The minimum absolute atomic E-state index is 0.589. The second kappa shape index (κ2) is 13.1. The van der Waals surface area contributed by atoms with Gasteiger partial charge in [0.2, 0.25) is 0 Å². The number of hydrogen-bond donors (Lipinski definition) is 0. The Morgan fingerprint density at radius 2 is 0.714 bits per heavy atom. The molecule has 11 aromatic rings. The second-order valence-corrected chi connectivity index (χ2v) is 14.4. The zero-order valence-electron chi connectivity index (χ0n) is 30.4. The van der Waals surface area contributed by atoms with Gasteiger partial charge in [0.1, 0.15) is 5.69 Å². The van der Waals surface area contributed by atoms with Crippen LogP contribution in [-0.4, -0.2) is 15.0 Å². The molecule has 56 heavy (non-hydrogen) atoms. The van der Waals surface area contributed by atoms with E-state index in [1.165, 1.54) is 54.2 Å². The van der Waals surface area contributed by atoms with Gasteiger partial charge in [-0.05, 0) is 114 Å². The van der Waals surface area contributed by atoms with Crippen LogP contribution in [0.25, 0.3) is 110 Å². The molecule has 3 nitrogen and oxygen atoms in total. The van der Waals surface area contributed by atoms with Crippen molar-refractivity contribution in [3.05, 3.63) is 200 Å². The lowest BCUT2D eigenvalue weighted by atomic mass is 9.88. The molecule has 2 heterocycles. The lowest BCUT2D eigenvalue weighted by molar-refractivity contribution is 1.16. The van der Waals surface area contributed by atoms with Gasteiger partial charge in [-0.25, -0.2) is 15.0 Å². The van der Waals surface area contributed by atoms with Gasteiger partial charge in [-0.1, -0.05) is 152 Å². The van der Waals surface area contributed by atoms with Crippen LogP contribution in [0.3, 0.4) is 0 Å². The number of nitrogens with zero attached hydrogens (tertiary/aromatic N) is 3. The predicted molar refractivity (Wildman–Crippen MR) is 235 cm³/mol. The highest BCUT2D eigenvalue weighted by atomic mass is 14.9. The summed E-state index contributed by atoms with van der Waals surface area (Å²) in [7, 11) is 0. The molecular formula is C53H33N3. The molecule has 9 aromatic carbocycles. The van der Waals surface area contributed by atoms with Crippen molar-refractivity contribution in [2.75, 3.05) is 0 Å². The van der Waals surface area contributed by atoms with E-state index in [1.807, 2.05) is 30.3 Å². The van der Waals surface area contributed by atoms with Gasteiger partial charge in [-0.3, -0.25) is 0 Å². The fourth-order valence-corrected chi connectivity index (χ4v) is 8.33. The van der Waals surface area contributed by atoms with E-state index in [2.05, 4.69) is 170 Å². The first-order valence-corrected chi connectivity index (χ1v) is 19.0. The molecule has 0 aliphatic heterocycles. The van der Waals surface area contributed by atoms with Gasteiger partial charge in [0.15, 0.2) is 5.82 Å². The molecule has 3 heteroatoms. The quantitative estimate of drug-likeness (QED) is 0.167. The first-order valence-electron chi connectivity index (χ1n) is 19.0. The highest BCUT2D eigenvalue weighted by Crippen LogP contribution is 2.42. The topological polar surface area (TPSA) is 38.7 Å². The predicted octanol–water partition coefficient (Wildman–Crippen LogP) is 14.0.